The fourth-order valence-corrected chi connectivity index (χ4v) is 4.41. The van der Waals surface area contributed by atoms with Crippen LogP contribution in [-0.4, -0.2) is 41.0 Å². The topological polar surface area (TPSA) is 65.5 Å². The summed E-state index contributed by atoms with van der Waals surface area (Å²) in [7, 11) is 0. The lowest BCUT2D eigenvalue weighted by atomic mass is 9.67. The molecule has 4 rings (SSSR count). The van der Waals surface area contributed by atoms with E-state index in [1.807, 2.05) is 49.1 Å². The number of benzene rings is 1. The number of likely N-dealkylation sites (tertiary alicyclic amines) is 1. The molecule has 6 heteroatoms. The Morgan fingerprint density at radius 1 is 1.14 bits per heavy atom. The molecule has 0 unspecified atom stereocenters. The van der Waals surface area contributed by atoms with Gasteiger partial charge in [-0.1, -0.05) is 18.2 Å². The van der Waals surface area contributed by atoms with E-state index in [-0.39, 0.29) is 23.4 Å². The summed E-state index contributed by atoms with van der Waals surface area (Å²) >= 11 is 0. The molecule has 1 aromatic heterocycles. The maximum absolute atomic E-state index is 13.2. The molecule has 1 aromatic carbocycles. The van der Waals surface area contributed by atoms with E-state index in [2.05, 4.69) is 16.4 Å². The Hall–Kier alpha value is -2.89. The second-order valence-corrected chi connectivity index (χ2v) is 8.01. The Morgan fingerprint density at radius 3 is 2.57 bits per heavy atom. The number of piperidine rings is 1. The molecule has 1 saturated heterocycles. The molecule has 0 saturated carbocycles. The molecule has 0 atom stereocenters. The van der Waals surface area contributed by atoms with Crippen molar-refractivity contribution in [2.24, 2.45) is 0 Å². The summed E-state index contributed by atoms with van der Waals surface area (Å²) in [4.78, 5) is 33.4. The Morgan fingerprint density at radius 2 is 1.89 bits per heavy atom. The molecule has 0 aliphatic carbocycles. The van der Waals surface area contributed by atoms with Gasteiger partial charge in [-0.15, -0.1) is 0 Å². The molecule has 28 heavy (non-hydrogen) atoms. The molecule has 146 valence electrons. The fraction of sp³-hybridized carbons (Fsp3) is 0.409. The predicted octanol–water partition coefficient (Wildman–Crippen LogP) is 3.60. The van der Waals surface area contributed by atoms with E-state index >= 15 is 0 Å². The second-order valence-electron chi connectivity index (χ2n) is 8.01. The van der Waals surface area contributed by atoms with E-state index in [0.717, 1.165) is 24.2 Å². The second kappa shape index (κ2) is 7.26. The highest BCUT2D eigenvalue weighted by molar-refractivity contribution is 6.04. The smallest absolute Gasteiger partial charge is 0.317 e. The minimum atomic E-state index is -0.207. The number of amides is 3. The highest BCUT2D eigenvalue weighted by atomic mass is 16.2. The lowest BCUT2D eigenvalue weighted by Crippen LogP contribution is -2.52. The highest BCUT2D eigenvalue weighted by Crippen LogP contribution is 2.48. The number of anilines is 2. The van der Waals surface area contributed by atoms with Crippen LogP contribution in [0.25, 0.3) is 0 Å². The number of carbonyl (C=O) groups is 2. The summed E-state index contributed by atoms with van der Waals surface area (Å²) < 4.78 is 0. The van der Waals surface area contributed by atoms with Crippen LogP contribution in [-0.2, 0) is 10.2 Å². The molecule has 1 N–H and O–H groups in total. The van der Waals surface area contributed by atoms with Crippen LogP contribution < -0.4 is 10.2 Å². The van der Waals surface area contributed by atoms with Crippen LogP contribution in [0.1, 0.15) is 38.7 Å². The summed E-state index contributed by atoms with van der Waals surface area (Å²) in [5.41, 5.74) is 2.72. The number of urea groups is 1. The molecule has 6 nitrogen and oxygen atoms in total. The quantitative estimate of drug-likeness (QED) is 0.868. The zero-order valence-electron chi connectivity index (χ0n) is 16.4. The van der Waals surface area contributed by atoms with Gasteiger partial charge in [0.25, 0.3) is 0 Å². The average Bonchev–Trinajstić information content (AvgIpc) is 2.69. The summed E-state index contributed by atoms with van der Waals surface area (Å²) in [6, 6.07) is 12.0. The first-order chi connectivity index (χ1) is 13.5. The number of nitrogens with zero attached hydrogens (tertiary/aromatic N) is 3. The van der Waals surface area contributed by atoms with Gasteiger partial charge in [0.2, 0.25) is 5.91 Å². The van der Waals surface area contributed by atoms with Gasteiger partial charge >= 0.3 is 6.03 Å². The molecule has 1 spiro atoms. The van der Waals surface area contributed by atoms with Gasteiger partial charge in [-0.3, -0.25) is 14.7 Å². The van der Waals surface area contributed by atoms with E-state index in [4.69, 9.17) is 0 Å². The van der Waals surface area contributed by atoms with Gasteiger partial charge < -0.3 is 10.2 Å². The van der Waals surface area contributed by atoms with E-state index in [1.54, 1.807) is 17.3 Å². The van der Waals surface area contributed by atoms with Gasteiger partial charge in [0, 0.05) is 37.2 Å². The predicted molar refractivity (Wildman–Crippen MR) is 109 cm³/mol. The molecule has 0 radical (unpaired) electrons. The monoisotopic (exact) mass is 378 g/mol. The number of para-hydroxylation sites is 1. The third-order valence-electron chi connectivity index (χ3n) is 5.78. The molecule has 2 aliphatic heterocycles. The van der Waals surface area contributed by atoms with Crippen molar-refractivity contribution >= 4 is 23.3 Å². The van der Waals surface area contributed by atoms with Crippen molar-refractivity contribution in [1.29, 1.82) is 0 Å². The SMILES string of the molecule is CC(C)NC(=O)N1CCC2(CC1)CC(=O)N(c1cccnc1)c1ccccc12. The van der Waals surface area contributed by atoms with Crippen molar-refractivity contribution in [2.75, 3.05) is 18.0 Å². The zero-order chi connectivity index (χ0) is 19.7. The summed E-state index contributed by atoms with van der Waals surface area (Å²) in [5, 5.41) is 2.97. The Bertz CT molecular complexity index is 873. The van der Waals surface area contributed by atoms with Gasteiger partial charge in [0.15, 0.2) is 0 Å². The first-order valence-electron chi connectivity index (χ1n) is 9.88. The molecule has 3 amide bonds. The molecular formula is C22H26N4O2. The molecule has 3 heterocycles. The zero-order valence-corrected chi connectivity index (χ0v) is 16.4. The number of pyridine rings is 1. The number of carbonyl (C=O) groups excluding carboxylic acids is 2. The number of hydrogen-bond donors (Lipinski definition) is 1. The van der Waals surface area contributed by atoms with Crippen molar-refractivity contribution in [1.82, 2.24) is 15.2 Å². The lowest BCUT2D eigenvalue weighted by Gasteiger charge is -2.47. The largest absolute Gasteiger partial charge is 0.336 e. The molecular weight excluding hydrogens is 352 g/mol. The normalized spacial score (nSPS) is 18.3. The third-order valence-corrected chi connectivity index (χ3v) is 5.78. The maximum Gasteiger partial charge on any atom is 0.317 e. The number of rotatable bonds is 2. The summed E-state index contributed by atoms with van der Waals surface area (Å²) in [6.07, 6.45) is 5.48. The minimum Gasteiger partial charge on any atom is -0.336 e. The first-order valence-corrected chi connectivity index (χ1v) is 9.88. The van der Waals surface area contributed by atoms with Crippen molar-refractivity contribution in [2.45, 2.75) is 44.6 Å². The first kappa shape index (κ1) is 18.5. The van der Waals surface area contributed by atoms with Crippen LogP contribution in [0.4, 0.5) is 16.2 Å². The van der Waals surface area contributed by atoms with Crippen LogP contribution >= 0.6 is 0 Å². The van der Waals surface area contributed by atoms with Crippen molar-refractivity contribution in [3.8, 4) is 0 Å². The van der Waals surface area contributed by atoms with E-state index in [0.29, 0.717) is 19.5 Å². The lowest BCUT2D eigenvalue weighted by molar-refractivity contribution is -0.120. The van der Waals surface area contributed by atoms with Crippen LogP contribution in [0.15, 0.2) is 48.8 Å². The van der Waals surface area contributed by atoms with Gasteiger partial charge in [0.1, 0.15) is 0 Å². The number of aromatic nitrogens is 1. The van der Waals surface area contributed by atoms with E-state index in [9.17, 15) is 9.59 Å². The van der Waals surface area contributed by atoms with Crippen molar-refractivity contribution < 1.29 is 9.59 Å². The molecule has 2 aromatic rings. The minimum absolute atomic E-state index is 0.0164. The average molecular weight is 378 g/mol. The summed E-state index contributed by atoms with van der Waals surface area (Å²) in [5.74, 6) is 0.0896. The Kier molecular flexibility index (Phi) is 4.79. The van der Waals surface area contributed by atoms with Crippen LogP contribution in [0, 0.1) is 0 Å². The standard InChI is InChI=1S/C22H26N4O2/c1-16(2)24-21(28)25-12-9-22(10-13-25)14-20(27)26(17-6-5-11-23-15-17)19-8-4-3-7-18(19)22/h3-8,11,15-16H,9-10,12-14H2,1-2H3,(H,24,28). The van der Waals surface area contributed by atoms with Crippen LogP contribution in [0.5, 0.6) is 0 Å². The third kappa shape index (κ3) is 3.23. The highest BCUT2D eigenvalue weighted by Gasteiger charge is 2.45. The van der Waals surface area contributed by atoms with Crippen molar-refractivity contribution in [3.05, 3.63) is 54.4 Å². The number of hydrogen-bond acceptors (Lipinski definition) is 3. The molecule has 1 fully saturated rings. The van der Waals surface area contributed by atoms with Gasteiger partial charge in [-0.2, -0.15) is 0 Å². The molecule has 2 aliphatic rings. The van der Waals surface area contributed by atoms with Crippen molar-refractivity contribution in [3.63, 3.8) is 0 Å². The Balaban J connectivity index is 1.63. The van der Waals surface area contributed by atoms with Crippen LogP contribution in [0.2, 0.25) is 0 Å². The van der Waals surface area contributed by atoms with Gasteiger partial charge in [0.05, 0.1) is 17.6 Å². The number of nitrogens with one attached hydrogen (secondary N) is 1. The van der Waals surface area contributed by atoms with Crippen LogP contribution in [0.3, 0.4) is 0 Å². The Labute approximate surface area is 165 Å². The van der Waals surface area contributed by atoms with Gasteiger partial charge in [-0.05, 0) is 50.5 Å². The van der Waals surface area contributed by atoms with E-state index < -0.39 is 0 Å². The maximum atomic E-state index is 13.2. The summed E-state index contributed by atoms with van der Waals surface area (Å²) in [6.45, 7) is 5.25. The number of fused-ring (bicyclic) bond motifs is 2. The van der Waals surface area contributed by atoms with Gasteiger partial charge in [-0.25, -0.2) is 4.79 Å². The fourth-order valence-electron chi connectivity index (χ4n) is 4.41. The van der Waals surface area contributed by atoms with E-state index in [1.165, 1.54) is 5.56 Å². The molecule has 0 bridgehead atoms.